The molecule has 2 heterocycles. The Kier molecular flexibility index (Phi) is 3.01. The van der Waals surface area contributed by atoms with Crippen LogP contribution in [0.4, 0.5) is 0 Å². The maximum absolute atomic E-state index is 12.5. The van der Waals surface area contributed by atoms with Crippen LogP contribution in [-0.2, 0) is 0 Å². The van der Waals surface area contributed by atoms with Crippen molar-refractivity contribution >= 4 is 16.8 Å². The van der Waals surface area contributed by atoms with Gasteiger partial charge in [0.1, 0.15) is 5.52 Å². The number of amides is 1. The summed E-state index contributed by atoms with van der Waals surface area (Å²) in [6.07, 6.45) is 1.08. The van der Waals surface area contributed by atoms with E-state index in [0.717, 1.165) is 30.4 Å². The van der Waals surface area contributed by atoms with Crippen molar-refractivity contribution in [1.29, 1.82) is 0 Å². The molecule has 2 aromatic rings. The van der Waals surface area contributed by atoms with E-state index in [4.69, 9.17) is 4.52 Å². The normalized spacial score (nSPS) is 19.5. The Morgan fingerprint density at radius 3 is 2.95 bits per heavy atom. The Morgan fingerprint density at radius 2 is 2.21 bits per heavy atom. The van der Waals surface area contributed by atoms with Crippen LogP contribution in [0.1, 0.15) is 30.8 Å². The molecule has 0 spiro atoms. The van der Waals surface area contributed by atoms with Crippen LogP contribution in [0.15, 0.2) is 28.8 Å². The van der Waals surface area contributed by atoms with Gasteiger partial charge in [-0.1, -0.05) is 31.1 Å². The van der Waals surface area contributed by atoms with Gasteiger partial charge in [-0.2, -0.15) is 0 Å². The van der Waals surface area contributed by atoms with Crippen LogP contribution in [0.5, 0.6) is 0 Å². The van der Waals surface area contributed by atoms with Gasteiger partial charge in [0, 0.05) is 13.1 Å². The van der Waals surface area contributed by atoms with E-state index in [2.05, 4.69) is 19.0 Å². The van der Waals surface area contributed by atoms with E-state index in [0.29, 0.717) is 17.6 Å². The van der Waals surface area contributed by atoms with Crippen LogP contribution in [0.25, 0.3) is 10.9 Å². The Morgan fingerprint density at radius 1 is 1.42 bits per heavy atom. The second-order valence-corrected chi connectivity index (χ2v) is 5.57. The molecule has 1 fully saturated rings. The second kappa shape index (κ2) is 4.68. The highest BCUT2D eigenvalue weighted by molar-refractivity contribution is 6.03. The lowest BCUT2D eigenvalue weighted by Gasteiger charge is -2.16. The molecule has 1 aliphatic rings. The molecule has 100 valence electrons. The van der Waals surface area contributed by atoms with Gasteiger partial charge in [0.15, 0.2) is 0 Å². The minimum absolute atomic E-state index is 0.0307. The van der Waals surface area contributed by atoms with Crippen molar-refractivity contribution in [3.05, 3.63) is 30.0 Å². The predicted molar refractivity (Wildman–Crippen MR) is 72.9 cm³/mol. The van der Waals surface area contributed by atoms with Gasteiger partial charge in [-0.05, 0) is 30.4 Å². The molecule has 0 bridgehead atoms. The summed E-state index contributed by atoms with van der Waals surface area (Å²) in [6.45, 7) is 6.06. The van der Waals surface area contributed by atoms with Gasteiger partial charge in [0.2, 0.25) is 5.76 Å². The molecule has 0 saturated carbocycles. The molecule has 1 saturated heterocycles. The Labute approximate surface area is 112 Å². The molecule has 0 unspecified atom stereocenters. The van der Waals surface area contributed by atoms with Gasteiger partial charge in [-0.25, -0.2) is 0 Å². The quantitative estimate of drug-likeness (QED) is 0.832. The van der Waals surface area contributed by atoms with E-state index in [1.165, 1.54) is 0 Å². The molecule has 1 aromatic heterocycles. The van der Waals surface area contributed by atoms with Gasteiger partial charge in [-0.3, -0.25) is 4.79 Å². The SMILES string of the molecule is CC(C)[C@H]1CCN(C(=O)c2onc3ccccc23)C1. The summed E-state index contributed by atoms with van der Waals surface area (Å²) < 4.78 is 5.24. The lowest BCUT2D eigenvalue weighted by molar-refractivity contribution is 0.0745. The summed E-state index contributed by atoms with van der Waals surface area (Å²) >= 11 is 0. The van der Waals surface area contributed by atoms with Crippen molar-refractivity contribution in [2.45, 2.75) is 20.3 Å². The highest BCUT2D eigenvalue weighted by Gasteiger charge is 2.31. The maximum atomic E-state index is 12.5. The zero-order chi connectivity index (χ0) is 13.4. The fourth-order valence-electron chi connectivity index (χ4n) is 2.70. The number of hydrogen-bond acceptors (Lipinski definition) is 3. The van der Waals surface area contributed by atoms with Gasteiger partial charge >= 0.3 is 0 Å². The minimum atomic E-state index is -0.0307. The molecule has 1 aliphatic heterocycles. The molecular formula is C15H18N2O2. The topological polar surface area (TPSA) is 46.3 Å². The summed E-state index contributed by atoms with van der Waals surface area (Å²) in [7, 11) is 0. The average molecular weight is 258 g/mol. The van der Waals surface area contributed by atoms with Crippen LogP contribution in [-0.4, -0.2) is 29.1 Å². The number of hydrogen-bond donors (Lipinski definition) is 0. The highest BCUT2D eigenvalue weighted by atomic mass is 16.5. The van der Waals surface area contributed by atoms with E-state index in [1.54, 1.807) is 0 Å². The Bertz CT molecular complexity index is 603. The third-order valence-electron chi connectivity index (χ3n) is 4.03. The number of benzene rings is 1. The summed E-state index contributed by atoms with van der Waals surface area (Å²) in [5, 5.41) is 4.75. The number of carbonyl (C=O) groups is 1. The van der Waals surface area contributed by atoms with Gasteiger partial charge < -0.3 is 9.42 Å². The van der Waals surface area contributed by atoms with Crippen LogP contribution >= 0.6 is 0 Å². The van der Waals surface area contributed by atoms with Gasteiger partial charge in [-0.15, -0.1) is 0 Å². The fourth-order valence-corrected chi connectivity index (χ4v) is 2.70. The molecule has 19 heavy (non-hydrogen) atoms. The molecule has 4 nitrogen and oxygen atoms in total. The molecule has 3 rings (SSSR count). The third kappa shape index (κ3) is 2.11. The first kappa shape index (κ1) is 12.2. The summed E-state index contributed by atoms with van der Waals surface area (Å²) in [6, 6.07) is 7.53. The van der Waals surface area contributed by atoms with Crippen molar-refractivity contribution in [3.63, 3.8) is 0 Å². The lowest BCUT2D eigenvalue weighted by atomic mass is 9.95. The van der Waals surface area contributed by atoms with Crippen LogP contribution in [0, 0.1) is 11.8 Å². The van der Waals surface area contributed by atoms with Gasteiger partial charge in [0.05, 0.1) is 5.39 Å². The van der Waals surface area contributed by atoms with Crippen molar-refractivity contribution in [2.24, 2.45) is 11.8 Å². The first-order valence-electron chi connectivity index (χ1n) is 6.80. The van der Waals surface area contributed by atoms with Crippen LogP contribution in [0.2, 0.25) is 0 Å². The largest absolute Gasteiger partial charge is 0.350 e. The Balaban J connectivity index is 1.85. The number of fused-ring (bicyclic) bond motifs is 1. The lowest BCUT2D eigenvalue weighted by Crippen LogP contribution is -2.29. The number of rotatable bonds is 2. The smallest absolute Gasteiger partial charge is 0.293 e. The molecule has 1 amide bonds. The Hall–Kier alpha value is -1.84. The van der Waals surface area contributed by atoms with Crippen LogP contribution in [0.3, 0.4) is 0 Å². The molecule has 0 radical (unpaired) electrons. The van der Waals surface area contributed by atoms with Crippen molar-refractivity contribution in [1.82, 2.24) is 10.1 Å². The summed E-state index contributed by atoms with van der Waals surface area (Å²) in [4.78, 5) is 14.4. The molecule has 1 atom stereocenters. The van der Waals surface area contributed by atoms with Gasteiger partial charge in [0.25, 0.3) is 5.91 Å². The molecule has 4 heteroatoms. The monoisotopic (exact) mass is 258 g/mol. The van der Waals surface area contributed by atoms with E-state index < -0.39 is 0 Å². The first-order valence-corrected chi connectivity index (χ1v) is 6.80. The van der Waals surface area contributed by atoms with Crippen LogP contribution < -0.4 is 0 Å². The third-order valence-corrected chi connectivity index (χ3v) is 4.03. The average Bonchev–Trinajstić information content (AvgIpc) is 3.05. The summed E-state index contributed by atoms with van der Waals surface area (Å²) in [5.74, 6) is 1.55. The predicted octanol–water partition coefficient (Wildman–Crippen LogP) is 2.95. The molecular weight excluding hydrogens is 240 g/mol. The van der Waals surface area contributed by atoms with E-state index in [-0.39, 0.29) is 5.91 Å². The standard InChI is InChI=1S/C15H18N2O2/c1-10(2)11-7-8-17(9-11)15(18)14-12-5-3-4-6-13(12)16-19-14/h3-6,10-11H,7-9H2,1-2H3/t11-/m0/s1. The zero-order valence-electron chi connectivity index (χ0n) is 11.3. The number of aromatic nitrogens is 1. The highest BCUT2D eigenvalue weighted by Crippen LogP contribution is 2.26. The number of likely N-dealkylation sites (tertiary alicyclic amines) is 1. The maximum Gasteiger partial charge on any atom is 0.293 e. The van der Waals surface area contributed by atoms with E-state index in [1.807, 2.05) is 29.2 Å². The van der Waals surface area contributed by atoms with Crippen molar-refractivity contribution in [3.8, 4) is 0 Å². The van der Waals surface area contributed by atoms with Crippen molar-refractivity contribution < 1.29 is 9.32 Å². The summed E-state index contributed by atoms with van der Waals surface area (Å²) in [5.41, 5.74) is 0.741. The number of nitrogens with zero attached hydrogens (tertiary/aromatic N) is 2. The van der Waals surface area contributed by atoms with E-state index in [9.17, 15) is 4.79 Å². The fraction of sp³-hybridized carbons (Fsp3) is 0.467. The molecule has 1 aromatic carbocycles. The zero-order valence-corrected chi connectivity index (χ0v) is 11.3. The molecule has 0 N–H and O–H groups in total. The number of carbonyl (C=O) groups excluding carboxylic acids is 1. The first-order chi connectivity index (χ1) is 9.16. The molecule has 0 aliphatic carbocycles. The second-order valence-electron chi connectivity index (χ2n) is 5.57. The van der Waals surface area contributed by atoms with Crippen molar-refractivity contribution in [2.75, 3.05) is 13.1 Å². The van der Waals surface area contributed by atoms with E-state index >= 15 is 0 Å². The minimum Gasteiger partial charge on any atom is -0.350 e.